The first-order chi connectivity index (χ1) is 8.26. The van der Waals surface area contributed by atoms with E-state index in [9.17, 15) is 4.79 Å². The maximum atomic E-state index is 12.2. The molecule has 18 heavy (non-hydrogen) atoms. The Morgan fingerprint density at radius 1 is 1.67 bits per heavy atom. The summed E-state index contributed by atoms with van der Waals surface area (Å²) in [5.74, 6) is 0.291. The molecule has 2 N–H and O–H groups in total. The lowest BCUT2D eigenvalue weighted by Crippen LogP contribution is -2.51. The molecule has 1 aromatic heterocycles. The second-order valence-electron chi connectivity index (χ2n) is 4.25. The number of rotatable bonds is 3. The number of nitrogens with two attached hydrogens (primary N) is 1. The Hall–Kier alpha value is -1.04. The van der Waals surface area contributed by atoms with Crippen LogP contribution in [0.5, 0.6) is 0 Å². The molecule has 0 aromatic carbocycles. The minimum Gasteiger partial charge on any atom is -0.459 e. The molecule has 0 aliphatic carbocycles. The number of piperidine rings is 1. The Morgan fingerprint density at radius 2 is 2.44 bits per heavy atom. The van der Waals surface area contributed by atoms with Crippen LogP contribution < -0.4 is 5.73 Å². The Kier molecular flexibility index (Phi) is 5.65. The highest BCUT2D eigenvalue weighted by atomic mass is 35.5. The normalized spacial score (nSPS) is 23.6. The van der Waals surface area contributed by atoms with E-state index in [0.717, 1.165) is 12.8 Å². The fourth-order valence-corrected chi connectivity index (χ4v) is 2.26. The van der Waals surface area contributed by atoms with Crippen molar-refractivity contribution >= 4 is 18.3 Å². The van der Waals surface area contributed by atoms with Crippen LogP contribution in [0, 0.1) is 0 Å². The van der Waals surface area contributed by atoms with Gasteiger partial charge in [0.2, 0.25) is 0 Å². The second-order valence-corrected chi connectivity index (χ2v) is 4.25. The molecule has 1 aliphatic rings. The molecule has 1 aliphatic heterocycles. The van der Waals surface area contributed by atoms with Gasteiger partial charge in [0.25, 0.3) is 5.91 Å². The van der Waals surface area contributed by atoms with E-state index in [1.54, 1.807) is 24.1 Å². The van der Waals surface area contributed by atoms with Gasteiger partial charge in [-0.05, 0) is 25.0 Å². The highest BCUT2D eigenvalue weighted by Gasteiger charge is 2.32. The SMILES string of the molecule is COC1CCN(C(=O)c2ccco2)C(CN)C1.Cl. The summed E-state index contributed by atoms with van der Waals surface area (Å²) in [5, 5.41) is 0. The maximum absolute atomic E-state index is 12.2. The topological polar surface area (TPSA) is 68.7 Å². The van der Waals surface area contributed by atoms with Crippen molar-refractivity contribution in [3.8, 4) is 0 Å². The summed E-state index contributed by atoms with van der Waals surface area (Å²) < 4.78 is 10.5. The molecule has 0 spiro atoms. The molecule has 0 radical (unpaired) electrons. The highest BCUT2D eigenvalue weighted by Crippen LogP contribution is 2.21. The number of hydrogen-bond donors (Lipinski definition) is 1. The lowest BCUT2D eigenvalue weighted by atomic mass is 9.99. The summed E-state index contributed by atoms with van der Waals surface area (Å²) in [6.07, 6.45) is 3.34. The fourth-order valence-electron chi connectivity index (χ4n) is 2.26. The van der Waals surface area contributed by atoms with E-state index < -0.39 is 0 Å². The third-order valence-electron chi connectivity index (χ3n) is 3.27. The van der Waals surface area contributed by atoms with Crippen LogP contribution in [0.1, 0.15) is 23.4 Å². The largest absolute Gasteiger partial charge is 0.459 e. The van der Waals surface area contributed by atoms with E-state index >= 15 is 0 Å². The molecule has 0 saturated carbocycles. The van der Waals surface area contributed by atoms with Gasteiger partial charge in [0.05, 0.1) is 12.4 Å². The summed E-state index contributed by atoms with van der Waals surface area (Å²) >= 11 is 0. The predicted octanol–water partition coefficient (Wildman–Crippen LogP) is 1.28. The van der Waals surface area contributed by atoms with Gasteiger partial charge < -0.3 is 19.8 Å². The number of likely N-dealkylation sites (tertiary alicyclic amines) is 1. The minimum absolute atomic E-state index is 0. The highest BCUT2D eigenvalue weighted by molar-refractivity contribution is 5.91. The summed E-state index contributed by atoms with van der Waals surface area (Å²) in [4.78, 5) is 13.9. The van der Waals surface area contributed by atoms with E-state index in [1.807, 2.05) is 0 Å². The standard InChI is InChI=1S/C12H18N2O3.ClH/c1-16-10-4-5-14(9(7-10)8-13)12(15)11-3-2-6-17-11;/h2-3,6,9-10H,4-5,7-8,13H2,1H3;1H. The molecule has 2 heterocycles. The molecular weight excluding hydrogens is 256 g/mol. The molecule has 1 fully saturated rings. The van der Waals surface area contributed by atoms with Gasteiger partial charge in [-0.1, -0.05) is 0 Å². The molecule has 102 valence electrons. The third-order valence-corrected chi connectivity index (χ3v) is 3.27. The van der Waals surface area contributed by atoms with Gasteiger partial charge in [0.1, 0.15) is 0 Å². The van der Waals surface area contributed by atoms with Crippen molar-refractivity contribution in [1.29, 1.82) is 0 Å². The summed E-state index contributed by atoms with van der Waals surface area (Å²) in [6.45, 7) is 1.12. The van der Waals surface area contributed by atoms with Crippen molar-refractivity contribution in [2.75, 3.05) is 20.2 Å². The van der Waals surface area contributed by atoms with Gasteiger partial charge in [-0.25, -0.2) is 0 Å². The van der Waals surface area contributed by atoms with Crippen molar-refractivity contribution in [2.24, 2.45) is 5.73 Å². The zero-order valence-electron chi connectivity index (χ0n) is 10.4. The van der Waals surface area contributed by atoms with E-state index in [0.29, 0.717) is 18.8 Å². The van der Waals surface area contributed by atoms with Crippen LogP contribution in [-0.2, 0) is 4.74 Å². The van der Waals surface area contributed by atoms with Crippen LogP contribution in [0.25, 0.3) is 0 Å². The number of methoxy groups -OCH3 is 1. The fraction of sp³-hybridized carbons (Fsp3) is 0.583. The first kappa shape index (κ1) is 15.0. The quantitative estimate of drug-likeness (QED) is 0.902. The first-order valence-electron chi connectivity index (χ1n) is 5.83. The Bertz CT molecular complexity index is 369. The number of carbonyl (C=O) groups excluding carboxylic acids is 1. The van der Waals surface area contributed by atoms with Crippen molar-refractivity contribution < 1.29 is 13.9 Å². The zero-order chi connectivity index (χ0) is 12.3. The van der Waals surface area contributed by atoms with E-state index in [-0.39, 0.29) is 30.5 Å². The first-order valence-corrected chi connectivity index (χ1v) is 5.83. The molecule has 1 aromatic rings. The van der Waals surface area contributed by atoms with Crippen LogP contribution in [0.3, 0.4) is 0 Å². The van der Waals surface area contributed by atoms with Gasteiger partial charge in [0.15, 0.2) is 5.76 Å². The second kappa shape index (κ2) is 6.78. The van der Waals surface area contributed by atoms with Crippen molar-refractivity contribution in [1.82, 2.24) is 4.90 Å². The smallest absolute Gasteiger partial charge is 0.289 e. The van der Waals surface area contributed by atoms with Gasteiger partial charge in [0, 0.05) is 26.2 Å². The molecule has 2 atom stereocenters. The molecule has 2 unspecified atom stereocenters. The number of ether oxygens (including phenoxy) is 1. The predicted molar refractivity (Wildman–Crippen MR) is 69.9 cm³/mol. The van der Waals surface area contributed by atoms with Crippen molar-refractivity contribution in [3.63, 3.8) is 0 Å². The Labute approximate surface area is 113 Å². The number of carbonyl (C=O) groups is 1. The summed E-state index contributed by atoms with van der Waals surface area (Å²) in [5.41, 5.74) is 5.72. The molecule has 5 nitrogen and oxygen atoms in total. The number of furan rings is 1. The van der Waals surface area contributed by atoms with Crippen molar-refractivity contribution in [3.05, 3.63) is 24.2 Å². The van der Waals surface area contributed by atoms with Crippen LogP contribution in [0.15, 0.2) is 22.8 Å². The molecule has 1 amide bonds. The monoisotopic (exact) mass is 274 g/mol. The Balaban J connectivity index is 0.00000162. The van der Waals surface area contributed by atoms with Crippen LogP contribution in [0.4, 0.5) is 0 Å². The lowest BCUT2D eigenvalue weighted by molar-refractivity contribution is 0.0124. The number of amides is 1. The zero-order valence-corrected chi connectivity index (χ0v) is 11.2. The van der Waals surface area contributed by atoms with E-state index in [4.69, 9.17) is 14.9 Å². The number of nitrogens with zero attached hydrogens (tertiary/aromatic N) is 1. The maximum Gasteiger partial charge on any atom is 0.289 e. The van der Waals surface area contributed by atoms with E-state index in [1.165, 1.54) is 6.26 Å². The summed E-state index contributed by atoms with van der Waals surface area (Å²) in [7, 11) is 1.70. The molecule has 6 heteroatoms. The van der Waals surface area contributed by atoms with Gasteiger partial charge in [-0.2, -0.15) is 0 Å². The van der Waals surface area contributed by atoms with Gasteiger partial charge in [-0.15, -0.1) is 12.4 Å². The molecular formula is C12H19ClN2O3. The van der Waals surface area contributed by atoms with Gasteiger partial charge in [-0.3, -0.25) is 4.79 Å². The third kappa shape index (κ3) is 3.04. The number of halogens is 1. The van der Waals surface area contributed by atoms with Crippen LogP contribution in [-0.4, -0.2) is 43.2 Å². The average Bonchev–Trinajstić information content (AvgIpc) is 2.91. The van der Waals surface area contributed by atoms with Gasteiger partial charge >= 0.3 is 0 Å². The Morgan fingerprint density at radius 3 is 3.00 bits per heavy atom. The average molecular weight is 275 g/mol. The minimum atomic E-state index is -0.0833. The molecule has 0 bridgehead atoms. The summed E-state index contributed by atoms with van der Waals surface area (Å²) in [6, 6.07) is 3.43. The number of hydrogen-bond acceptors (Lipinski definition) is 4. The van der Waals surface area contributed by atoms with Crippen LogP contribution >= 0.6 is 12.4 Å². The lowest BCUT2D eigenvalue weighted by Gasteiger charge is -2.37. The van der Waals surface area contributed by atoms with Crippen LogP contribution in [0.2, 0.25) is 0 Å². The molecule has 1 saturated heterocycles. The van der Waals surface area contributed by atoms with Crippen molar-refractivity contribution in [2.45, 2.75) is 25.0 Å². The molecule has 2 rings (SSSR count). The van der Waals surface area contributed by atoms with E-state index in [2.05, 4.69) is 0 Å².